The molecule has 0 bridgehead atoms. The third-order valence-electron chi connectivity index (χ3n) is 3.97. The molecule has 0 aliphatic rings. The average Bonchev–Trinajstić information content (AvgIpc) is 2.94. The maximum absolute atomic E-state index is 6.04. The Balaban J connectivity index is 1.97. The van der Waals surface area contributed by atoms with Gasteiger partial charge in [-0.25, -0.2) is 0 Å². The molecule has 4 rings (SSSR count). The maximum Gasteiger partial charge on any atom is 0.136 e. The summed E-state index contributed by atoms with van der Waals surface area (Å²) in [5.74, 6) is 0. The van der Waals surface area contributed by atoms with Crippen molar-refractivity contribution in [1.29, 1.82) is 0 Å². The van der Waals surface area contributed by atoms with Crippen LogP contribution in [0.1, 0.15) is 5.56 Å². The Morgan fingerprint density at radius 3 is 2.50 bits per heavy atom. The van der Waals surface area contributed by atoms with Crippen molar-refractivity contribution in [2.75, 3.05) is 0 Å². The predicted octanol–water partition coefficient (Wildman–Crippen LogP) is 5.45. The number of benzene rings is 3. The summed E-state index contributed by atoms with van der Waals surface area (Å²) < 4.78 is 6.04. The van der Waals surface area contributed by atoms with Crippen LogP contribution >= 0.6 is 0 Å². The van der Waals surface area contributed by atoms with Gasteiger partial charge in [-0.2, -0.15) is 0 Å². The van der Waals surface area contributed by atoms with E-state index in [9.17, 15) is 0 Å². The number of rotatable bonds is 3. The molecule has 22 heavy (non-hydrogen) atoms. The highest BCUT2D eigenvalue weighted by molar-refractivity contribution is 6.07. The SMILES string of the molecule is C=NCc1cccc2oc3cc(-c4ccccc4)ccc3c12. The number of aliphatic imine (C=N–C) groups is 1. The lowest BCUT2D eigenvalue weighted by atomic mass is 10.0. The van der Waals surface area contributed by atoms with Crippen molar-refractivity contribution in [1.82, 2.24) is 0 Å². The van der Waals surface area contributed by atoms with E-state index in [0.717, 1.165) is 33.1 Å². The molecule has 0 unspecified atom stereocenters. The maximum atomic E-state index is 6.04. The molecule has 2 nitrogen and oxygen atoms in total. The Kier molecular flexibility index (Phi) is 3.01. The van der Waals surface area contributed by atoms with Crippen LogP contribution in [0.5, 0.6) is 0 Å². The molecule has 0 radical (unpaired) electrons. The minimum absolute atomic E-state index is 0.604. The molecule has 0 fully saturated rings. The van der Waals surface area contributed by atoms with Crippen LogP contribution in [0.15, 0.2) is 76.1 Å². The number of furan rings is 1. The van der Waals surface area contributed by atoms with Gasteiger partial charge in [-0.3, -0.25) is 4.99 Å². The Morgan fingerprint density at radius 1 is 0.818 bits per heavy atom. The van der Waals surface area contributed by atoms with Crippen molar-refractivity contribution in [3.05, 3.63) is 72.3 Å². The van der Waals surface area contributed by atoms with Crippen molar-refractivity contribution < 1.29 is 4.42 Å². The van der Waals surface area contributed by atoms with Crippen LogP contribution in [-0.2, 0) is 6.54 Å². The first-order chi connectivity index (χ1) is 10.9. The molecule has 0 saturated carbocycles. The Hall–Kier alpha value is -2.87. The molecular formula is C20H15NO. The number of fused-ring (bicyclic) bond motifs is 3. The number of nitrogens with zero attached hydrogens (tertiary/aromatic N) is 1. The van der Waals surface area contributed by atoms with Crippen LogP contribution in [0.2, 0.25) is 0 Å². The van der Waals surface area contributed by atoms with Gasteiger partial charge in [0.05, 0.1) is 6.54 Å². The number of hydrogen-bond donors (Lipinski definition) is 0. The molecule has 3 aromatic carbocycles. The summed E-state index contributed by atoms with van der Waals surface area (Å²) in [5, 5.41) is 2.28. The largest absolute Gasteiger partial charge is 0.456 e. The lowest BCUT2D eigenvalue weighted by Gasteiger charge is -2.01. The van der Waals surface area contributed by atoms with E-state index in [2.05, 4.69) is 48.1 Å². The fraction of sp³-hybridized carbons (Fsp3) is 0.0500. The van der Waals surface area contributed by atoms with Crippen LogP contribution in [0.4, 0.5) is 0 Å². The molecule has 0 atom stereocenters. The normalized spacial score (nSPS) is 11.1. The van der Waals surface area contributed by atoms with Gasteiger partial charge >= 0.3 is 0 Å². The molecule has 0 saturated heterocycles. The first-order valence-corrected chi connectivity index (χ1v) is 7.29. The molecule has 0 spiro atoms. The molecule has 106 valence electrons. The first-order valence-electron chi connectivity index (χ1n) is 7.29. The van der Waals surface area contributed by atoms with Crippen LogP contribution in [-0.4, -0.2) is 6.72 Å². The predicted molar refractivity (Wildman–Crippen MR) is 92.4 cm³/mol. The van der Waals surface area contributed by atoms with Crippen molar-refractivity contribution in [2.45, 2.75) is 6.54 Å². The standard InChI is InChI=1S/C20H15NO/c1-21-13-16-8-5-9-18-20(16)17-11-10-15(12-19(17)22-18)14-6-3-2-4-7-14/h2-12H,1,13H2. The van der Waals surface area contributed by atoms with Crippen molar-refractivity contribution in [2.24, 2.45) is 4.99 Å². The summed E-state index contributed by atoms with van der Waals surface area (Å²) in [6.07, 6.45) is 0. The lowest BCUT2D eigenvalue weighted by molar-refractivity contribution is 0.669. The molecule has 0 N–H and O–H groups in total. The van der Waals surface area contributed by atoms with E-state index in [1.54, 1.807) is 0 Å². The minimum Gasteiger partial charge on any atom is -0.456 e. The van der Waals surface area contributed by atoms with Crippen LogP contribution in [0, 0.1) is 0 Å². The monoisotopic (exact) mass is 285 g/mol. The average molecular weight is 285 g/mol. The summed E-state index contributed by atoms with van der Waals surface area (Å²) in [6, 6.07) is 22.8. The molecular weight excluding hydrogens is 270 g/mol. The summed E-state index contributed by atoms with van der Waals surface area (Å²) in [5.41, 5.74) is 5.32. The van der Waals surface area contributed by atoms with Gasteiger partial charge in [0, 0.05) is 10.8 Å². The molecule has 4 aromatic rings. The van der Waals surface area contributed by atoms with Gasteiger partial charge < -0.3 is 4.42 Å². The fourth-order valence-corrected chi connectivity index (χ4v) is 2.96. The van der Waals surface area contributed by atoms with Gasteiger partial charge in [-0.1, -0.05) is 48.5 Å². The van der Waals surface area contributed by atoms with E-state index in [-0.39, 0.29) is 0 Å². The van der Waals surface area contributed by atoms with Gasteiger partial charge in [0.2, 0.25) is 0 Å². The lowest BCUT2D eigenvalue weighted by Crippen LogP contribution is -1.82. The van der Waals surface area contributed by atoms with Crippen molar-refractivity contribution in [3.63, 3.8) is 0 Å². The van der Waals surface area contributed by atoms with E-state index in [1.165, 1.54) is 5.56 Å². The second-order valence-corrected chi connectivity index (χ2v) is 5.35. The molecule has 1 heterocycles. The smallest absolute Gasteiger partial charge is 0.136 e. The van der Waals surface area contributed by atoms with Crippen LogP contribution in [0.3, 0.4) is 0 Å². The van der Waals surface area contributed by atoms with Gasteiger partial charge in [0.15, 0.2) is 0 Å². The molecule has 1 aromatic heterocycles. The Morgan fingerprint density at radius 2 is 1.68 bits per heavy atom. The summed E-state index contributed by atoms with van der Waals surface area (Å²) in [6.45, 7) is 4.20. The van der Waals surface area contributed by atoms with Crippen molar-refractivity contribution in [3.8, 4) is 11.1 Å². The van der Waals surface area contributed by atoms with Gasteiger partial charge in [0.25, 0.3) is 0 Å². The van der Waals surface area contributed by atoms with Crippen LogP contribution < -0.4 is 0 Å². The summed E-state index contributed by atoms with van der Waals surface area (Å²) in [4.78, 5) is 4.02. The fourth-order valence-electron chi connectivity index (χ4n) is 2.96. The number of hydrogen-bond acceptors (Lipinski definition) is 2. The molecule has 0 aliphatic carbocycles. The zero-order valence-electron chi connectivity index (χ0n) is 12.1. The Labute approximate surface area is 128 Å². The van der Waals surface area contributed by atoms with E-state index in [0.29, 0.717) is 6.54 Å². The van der Waals surface area contributed by atoms with E-state index < -0.39 is 0 Å². The second-order valence-electron chi connectivity index (χ2n) is 5.35. The molecule has 2 heteroatoms. The molecule has 0 amide bonds. The first kappa shape index (κ1) is 12.8. The van der Waals surface area contributed by atoms with Gasteiger partial charge in [0.1, 0.15) is 11.2 Å². The molecule has 0 aliphatic heterocycles. The Bertz CT molecular complexity index is 967. The summed E-state index contributed by atoms with van der Waals surface area (Å²) >= 11 is 0. The van der Waals surface area contributed by atoms with E-state index in [1.807, 2.05) is 30.3 Å². The third kappa shape index (κ3) is 2.01. The second kappa shape index (κ2) is 5.15. The van der Waals surface area contributed by atoms with E-state index in [4.69, 9.17) is 4.42 Å². The zero-order valence-corrected chi connectivity index (χ0v) is 12.1. The third-order valence-corrected chi connectivity index (χ3v) is 3.97. The minimum atomic E-state index is 0.604. The highest BCUT2D eigenvalue weighted by Crippen LogP contribution is 2.34. The summed E-state index contributed by atoms with van der Waals surface area (Å²) in [7, 11) is 0. The van der Waals surface area contributed by atoms with Crippen LogP contribution in [0.25, 0.3) is 33.1 Å². The quantitative estimate of drug-likeness (QED) is 0.459. The topological polar surface area (TPSA) is 25.5 Å². The van der Waals surface area contributed by atoms with Crippen molar-refractivity contribution >= 4 is 28.7 Å². The van der Waals surface area contributed by atoms with Gasteiger partial charge in [-0.15, -0.1) is 0 Å². The highest BCUT2D eigenvalue weighted by atomic mass is 16.3. The van der Waals surface area contributed by atoms with Gasteiger partial charge in [-0.05, 0) is 41.6 Å². The van der Waals surface area contributed by atoms with E-state index >= 15 is 0 Å². The highest BCUT2D eigenvalue weighted by Gasteiger charge is 2.11. The zero-order chi connectivity index (χ0) is 14.9.